The molecule has 40 heavy (non-hydrogen) atoms. The highest BCUT2D eigenvalue weighted by Gasteiger charge is 2.44. The Kier molecular flexibility index (Phi) is 7.39. The van der Waals surface area contributed by atoms with Crippen molar-refractivity contribution in [2.24, 2.45) is 0 Å². The van der Waals surface area contributed by atoms with Gasteiger partial charge >= 0.3 is 5.97 Å². The Bertz CT molecular complexity index is 1540. The molecule has 3 N–H and O–H groups in total. The first-order chi connectivity index (χ1) is 19.0. The number of carbonyl (C=O) groups excluding carboxylic acids is 1. The number of alkyl halides is 2. The molecule has 4 heterocycles. The number of halogens is 2. The maximum Gasteiger partial charge on any atom is 0.326 e. The number of carboxylic acids is 1. The van der Waals surface area contributed by atoms with Gasteiger partial charge in [0.2, 0.25) is 16.8 Å². The van der Waals surface area contributed by atoms with Gasteiger partial charge in [0.1, 0.15) is 28.7 Å². The van der Waals surface area contributed by atoms with Crippen molar-refractivity contribution in [3.8, 4) is 5.75 Å². The summed E-state index contributed by atoms with van der Waals surface area (Å²) in [6.07, 6.45) is 2.35. The van der Waals surface area contributed by atoms with Gasteiger partial charge in [0.25, 0.3) is 5.92 Å². The van der Waals surface area contributed by atoms with Crippen molar-refractivity contribution < 1.29 is 36.6 Å². The van der Waals surface area contributed by atoms with Crippen LogP contribution in [-0.2, 0) is 26.9 Å². The predicted molar refractivity (Wildman–Crippen MR) is 145 cm³/mol. The number of aromatic nitrogens is 2. The van der Waals surface area contributed by atoms with E-state index in [1.165, 1.54) is 24.4 Å². The van der Waals surface area contributed by atoms with E-state index in [0.29, 0.717) is 22.1 Å². The lowest BCUT2D eigenvalue weighted by atomic mass is 10.00. The fourth-order valence-electron chi connectivity index (χ4n) is 5.14. The molecule has 3 aromatic rings. The molecule has 0 bridgehead atoms. The Morgan fingerprint density at radius 1 is 1.35 bits per heavy atom. The van der Waals surface area contributed by atoms with E-state index in [4.69, 9.17) is 10.5 Å². The van der Waals surface area contributed by atoms with Crippen molar-refractivity contribution in [2.45, 2.75) is 37.3 Å². The lowest BCUT2D eigenvalue weighted by Gasteiger charge is -2.27. The molecule has 12 nitrogen and oxygen atoms in total. The van der Waals surface area contributed by atoms with Gasteiger partial charge in [-0.1, -0.05) is 11.3 Å². The number of fused-ring (bicyclic) bond motifs is 1. The predicted octanol–water partition coefficient (Wildman–Crippen LogP) is 1.76. The van der Waals surface area contributed by atoms with Gasteiger partial charge in [-0.05, 0) is 35.6 Å². The van der Waals surface area contributed by atoms with Crippen LogP contribution in [0.1, 0.15) is 18.4 Å². The van der Waals surface area contributed by atoms with Gasteiger partial charge in [-0.2, -0.15) is 0 Å². The minimum Gasteiger partial charge on any atom is -0.496 e. The number of thiazole rings is 1. The number of thiol groups is 1. The number of likely N-dealkylation sites (tertiary alicyclic amines) is 1. The van der Waals surface area contributed by atoms with E-state index < -0.39 is 47.3 Å². The number of rotatable bonds is 9. The van der Waals surface area contributed by atoms with Gasteiger partial charge < -0.3 is 25.4 Å². The minimum atomic E-state index is -3.32. The Labute approximate surface area is 233 Å². The van der Waals surface area contributed by atoms with Crippen molar-refractivity contribution in [1.82, 2.24) is 14.9 Å². The maximum absolute atomic E-state index is 13.7. The summed E-state index contributed by atoms with van der Waals surface area (Å²) in [7, 11) is -1.89. The van der Waals surface area contributed by atoms with Gasteiger partial charge in [-0.3, -0.25) is 4.79 Å². The Balaban J connectivity index is 1.39. The summed E-state index contributed by atoms with van der Waals surface area (Å²) >= 11 is 0.887. The highest BCUT2D eigenvalue weighted by molar-refractivity contribution is 7.74. The van der Waals surface area contributed by atoms with E-state index in [1.54, 1.807) is 18.2 Å². The quantitative estimate of drug-likeness (QED) is 0.311. The monoisotopic (exact) mass is 596 g/mol. The van der Waals surface area contributed by atoms with Crippen LogP contribution in [0.15, 0.2) is 30.6 Å². The molecule has 1 amide bonds. The molecule has 2 aromatic heterocycles. The molecule has 214 valence electrons. The number of nitrogens with zero attached hydrogens (tertiary/aromatic N) is 5. The number of hydrogen-bond acceptors (Lipinski definition) is 10. The van der Waals surface area contributed by atoms with Crippen LogP contribution in [0.5, 0.6) is 5.75 Å². The number of amides is 1. The zero-order chi connectivity index (χ0) is 28.8. The van der Waals surface area contributed by atoms with Crippen LogP contribution in [0.4, 0.5) is 24.7 Å². The average Bonchev–Trinajstić information content (AvgIpc) is 3.61. The van der Waals surface area contributed by atoms with Gasteiger partial charge in [-0.25, -0.2) is 36.3 Å². The lowest BCUT2D eigenvalue weighted by molar-refractivity contribution is -0.148. The van der Waals surface area contributed by atoms with E-state index in [9.17, 15) is 31.9 Å². The Morgan fingerprint density at radius 2 is 2.12 bits per heavy atom. The minimum absolute atomic E-state index is 0.00306. The largest absolute Gasteiger partial charge is 0.496 e. The first kappa shape index (κ1) is 27.8. The summed E-state index contributed by atoms with van der Waals surface area (Å²) in [5, 5.41) is 11.7. The van der Waals surface area contributed by atoms with Gasteiger partial charge in [0.15, 0.2) is 5.13 Å². The summed E-state index contributed by atoms with van der Waals surface area (Å²) in [5.74, 6) is -4.15. The van der Waals surface area contributed by atoms with Crippen LogP contribution in [0.2, 0.25) is 0 Å². The number of ether oxygens (including phenoxy) is 1. The van der Waals surface area contributed by atoms with E-state index in [0.717, 1.165) is 20.5 Å². The molecule has 0 aliphatic carbocycles. The number of carbonyl (C=O) groups is 2. The summed E-state index contributed by atoms with van der Waals surface area (Å²) in [6, 6.07) is 2.60. The fourth-order valence-corrected chi connectivity index (χ4v) is 7.02. The van der Waals surface area contributed by atoms with Crippen LogP contribution >= 0.6 is 11.3 Å². The zero-order valence-electron chi connectivity index (χ0n) is 21.2. The van der Waals surface area contributed by atoms with Crippen LogP contribution in [0.25, 0.3) is 10.8 Å². The number of benzene rings is 1. The lowest BCUT2D eigenvalue weighted by Crippen LogP contribution is -2.48. The molecular formula is C24H26F2N6O6S2. The molecule has 0 spiro atoms. The molecule has 2 saturated heterocycles. The molecule has 2 aliphatic heterocycles. The third-order valence-electron chi connectivity index (χ3n) is 7.10. The molecule has 16 heteroatoms. The standard InChI is InChI=1S/C24H26F2N6O6S2/c1-38-18-10-15-13(2-5-28-20(15)27)8-14(18)9-17(22(34)35)31-6-3-16(21(31)33)32(40(36)37)19-11-29-23(39-19)30-7-4-24(25,26)12-30/h2,5,8,10-11,16-17,40H,3-4,6-7,9,12H2,1H3,(H2,27,28)(H,34,35)/t16-,17+/m0/s1. The maximum atomic E-state index is 13.7. The SMILES string of the molecule is COc1cc2c(N)nccc2cc1C[C@H](C(=O)O)N1CC[C@H](N(c2cnc(N3CCC(F)(F)C3)s2)[SH](=O)=O)C1=O. The smallest absolute Gasteiger partial charge is 0.326 e. The van der Waals surface area contributed by atoms with E-state index >= 15 is 0 Å². The number of aliphatic carboxylic acids is 1. The fraction of sp³-hybridized carbons (Fsp3) is 0.417. The molecular weight excluding hydrogens is 570 g/mol. The second-order valence-electron chi connectivity index (χ2n) is 9.57. The Morgan fingerprint density at radius 3 is 2.77 bits per heavy atom. The van der Waals surface area contributed by atoms with Crippen molar-refractivity contribution >= 4 is 60.8 Å². The average molecular weight is 597 g/mol. The molecule has 0 unspecified atom stereocenters. The van der Waals surface area contributed by atoms with Crippen molar-refractivity contribution in [1.29, 1.82) is 0 Å². The number of carboxylic acid groups (broad SMARTS) is 1. The number of methoxy groups -OCH3 is 1. The second kappa shape index (κ2) is 10.6. The third-order valence-corrected chi connectivity index (χ3v) is 9.14. The highest BCUT2D eigenvalue weighted by Crippen LogP contribution is 2.38. The molecule has 5 rings (SSSR count). The molecule has 0 saturated carbocycles. The number of anilines is 3. The van der Waals surface area contributed by atoms with Crippen LogP contribution < -0.4 is 19.7 Å². The van der Waals surface area contributed by atoms with Crippen molar-refractivity contribution in [3.63, 3.8) is 0 Å². The number of hydrogen-bond donors (Lipinski definition) is 3. The van der Waals surface area contributed by atoms with E-state index in [-0.39, 0.29) is 48.3 Å². The van der Waals surface area contributed by atoms with Crippen molar-refractivity contribution in [2.75, 3.05) is 41.7 Å². The summed E-state index contributed by atoms with van der Waals surface area (Å²) in [4.78, 5) is 36.5. The van der Waals surface area contributed by atoms with Crippen molar-refractivity contribution in [3.05, 3.63) is 36.2 Å². The molecule has 2 aliphatic rings. The second-order valence-corrected chi connectivity index (χ2v) is 11.5. The topological polar surface area (TPSA) is 159 Å². The van der Waals surface area contributed by atoms with Gasteiger partial charge in [0, 0.05) is 37.5 Å². The van der Waals surface area contributed by atoms with E-state index in [2.05, 4.69) is 9.97 Å². The number of nitrogen functional groups attached to an aromatic ring is 1. The van der Waals surface area contributed by atoms with Crippen LogP contribution in [-0.4, -0.2) is 85.0 Å². The normalized spacial score (nSPS) is 19.5. The van der Waals surface area contributed by atoms with E-state index in [1.807, 2.05) is 0 Å². The molecule has 2 fully saturated rings. The molecule has 1 aromatic carbocycles. The first-order valence-electron chi connectivity index (χ1n) is 12.3. The number of nitrogens with two attached hydrogens (primary N) is 1. The van der Waals surface area contributed by atoms with Gasteiger partial charge in [-0.15, -0.1) is 0 Å². The first-order valence-corrected chi connectivity index (χ1v) is 14.2. The highest BCUT2D eigenvalue weighted by atomic mass is 32.2. The summed E-state index contributed by atoms with van der Waals surface area (Å²) in [6.45, 7) is -0.459. The number of pyridine rings is 1. The zero-order valence-corrected chi connectivity index (χ0v) is 22.9. The van der Waals surface area contributed by atoms with Crippen LogP contribution in [0, 0.1) is 0 Å². The molecule has 0 radical (unpaired) electrons. The van der Waals surface area contributed by atoms with Crippen LogP contribution in [0.3, 0.4) is 0 Å². The Hall–Kier alpha value is -3.79. The summed E-state index contributed by atoms with van der Waals surface area (Å²) < 4.78 is 58.3. The van der Waals surface area contributed by atoms with Gasteiger partial charge in [0.05, 0.1) is 19.9 Å². The third kappa shape index (κ3) is 5.20. The molecule has 2 atom stereocenters. The summed E-state index contributed by atoms with van der Waals surface area (Å²) in [5.41, 5.74) is 6.47.